The number of methoxy groups -OCH3 is 1. The second-order valence-electron chi connectivity index (χ2n) is 4.76. The topological polar surface area (TPSA) is 50.4 Å². The van der Waals surface area contributed by atoms with E-state index in [1.54, 1.807) is 18.9 Å². The normalized spacial score (nSPS) is 11.6. The van der Waals surface area contributed by atoms with E-state index in [9.17, 15) is 4.79 Å². The van der Waals surface area contributed by atoms with Crippen molar-refractivity contribution in [3.05, 3.63) is 48.5 Å². The van der Waals surface area contributed by atoms with Crippen LogP contribution in [0, 0.1) is 0 Å². The van der Waals surface area contributed by atoms with Gasteiger partial charge in [0, 0.05) is 10.6 Å². The minimum atomic E-state index is -0.363. The smallest absolute Gasteiger partial charge is 0.246 e. The van der Waals surface area contributed by atoms with Gasteiger partial charge in [0.05, 0.1) is 12.8 Å². The van der Waals surface area contributed by atoms with Gasteiger partial charge in [-0.2, -0.15) is 0 Å². The molecule has 0 saturated carbocycles. The zero-order valence-corrected chi connectivity index (χ0v) is 13.7. The minimum Gasteiger partial charge on any atom is -0.495 e. The van der Waals surface area contributed by atoms with Crippen molar-refractivity contribution in [3.8, 4) is 5.75 Å². The molecule has 0 aliphatic rings. The molecule has 0 bridgehead atoms. The van der Waals surface area contributed by atoms with E-state index < -0.39 is 0 Å². The van der Waals surface area contributed by atoms with Gasteiger partial charge in [-0.15, -0.1) is 11.8 Å². The van der Waals surface area contributed by atoms with Crippen LogP contribution in [0.15, 0.2) is 53.4 Å². The number of amides is 1. The SMILES string of the molecule is COc1ccccc1NC(=O)[C@@H](C)Nc1ccccc1SC. The van der Waals surface area contributed by atoms with Crippen molar-refractivity contribution in [2.45, 2.75) is 17.9 Å². The molecule has 2 aromatic carbocycles. The molecule has 0 aliphatic heterocycles. The molecule has 0 spiro atoms. The molecule has 0 unspecified atom stereocenters. The van der Waals surface area contributed by atoms with Crippen LogP contribution in [0.25, 0.3) is 0 Å². The van der Waals surface area contributed by atoms with Crippen LogP contribution in [0.2, 0.25) is 0 Å². The lowest BCUT2D eigenvalue weighted by Gasteiger charge is -2.18. The summed E-state index contributed by atoms with van der Waals surface area (Å²) < 4.78 is 5.24. The number of hydrogen-bond acceptors (Lipinski definition) is 4. The number of nitrogens with one attached hydrogen (secondary N) is 2. The number of hydrogen-bond donors (Lipinski definition) is 2. The Morgan fingerprint density at radius 1 is 1.09 bits per heavy atom. The zero-order chi connectivity index (χ0) is 15.9. The fourth-order valence-electron chi connectivity index (χ4n) is 2.05. The molecule has 22 heavy (non-hydrogen) atoms. The first kappa shape index (κ1) is 16.2. The third-order valence-corrected chi connectivity index (χ3v) is 4.03. The Kier molecular flexibility index (Phi) is 5.72. The quantitative estimate of drug-likeness (QED) is 0.795. The molecule has 0 aliphatic carbocycles. The fraction of sp³-hybridized carbons (Fsp3) is 0.235. The van der Waals surface area contributed by atoms with Crippen molar-refractivity contribution in [1.29, 1.82) is 0 Å². The second-order valence-corrected chi connectivity index (χ2v) is 5.60. The summed E-state index contributed by atoms with van der Waals surface area (Å²) in [6.07, 6.45) is 2.01. The molecular weight excluding hydrogens is 296 g/mol. The predicted molar refractivity (Wildman–Crippen MR) is 92.9 cm³/mol. The Bertz CT molecular complexity index is 646. The largest absolute Gasteiger partial charge is 0.495 e. The molecule has 0 heterocycles. The summed E-state index contributed by atoms with van der Waals surface area (Å²) >= 11 is 1.64. The average molecular weight is 316 g/mol. The highest BCUT2D eigenvalue weighted by molar-refractivity contribution is 7.98. The lowest BCUT2D eigenvalue weighted by Crippen LogP contribution is -2.32. The van der Waals surface area contributed by atoms with E-state index in [-0.39, 0.29) is 11.9 Å². The first-order chi connectivity index (χ1) is 10.7. The molecule has 0 radical (unpaired) electrons. The van der Waals surface area contributed by atoms with Crippen molar-refractivity contribution in [2.75, 3.05) is 24.0 Å². The number of ether oxygens (including phenoxy) is 1. The summed E-state index contributed by atoms with van der Waals surface area (Å²) in [5.74, 6) is 0.535. The van der Waals surface area contributed by atoms with Gasteiger partial charge in [0.2, 0.25) is 5.91 Å². The molecule has 0 saturated heterocycles. The van der Waals surface area contributed by atoms with Gasteiger partial charge >= 0.3 is 0 Å². The Hall–Kier alpha value is -2.14. The Labute approximate surface area is 135 Å². The van der Waals surface area contributed by atoms with Crippen molar-refractivity contribution >= 4 is 29.0 Å². The summed E-state index contributed by atoms with van der Waals surface area (Å²) in [5, 5.41) is 6.13. The minimum absolute atomic E-state index is 0.111. The van der Waals surface area contributed by atoms with Crippen LogP contribution in [-0.4, -0.2) is 25.3 Å². The standard InChI is InChI=1S/C17H20N2O2S/c1-12(18-14-9-5-7-11-16(14)22-3)17(20)19-13-8-4-6-10-15(13)21-2/h4-12,18H,1-3H3,(H,19,20)/t12-/m1/s1. The van der Waals surface area contributed by atoms with Gasteiger partial charge in [-0.05, 0) is 37.4 Å². The first-order valence-electron chi connectivity index (χ1n) is 6.99. The van der Waals surface area contributed by atoms with E-state index >= 15 is 0 Å². The number of carbonyl (C=O) groups is 1. The van der Waals surface area contributed by atoms with Gasteiger partial charge in [-0.3, -0.25) is 4.79 Å². The number of thioether (sulfide) groups is 1. The molecule has 1 amide bonds. The fourth-order valence-corrected chi connectivity index (χ4v) is 2.61. The maximum atomic E-state index is 12.3. The van der Waals surface area contributed by atoms with Crippen LogP contribution in [0.5, 0.6) is 5.75 Å². The summed E-state index contributed by atoms with van der Waals surface area (Å²) in [6, 6.07) is 14.9. The van der Waals surface area contributed by atoms with Gasteiger partial charge in [-0.25, -0.2) is 0 Å². The predicted octanol–water partition coefficient (Wildman–Crippen LogP) is 3.86. The molecule has 1 atom stereocenters. The highest BCUT2D eigenvalue weighted by Crippen LogP contribution is 2.26. The van der Waals surface area contributed by atoms with E-state index in [4.69, 9.17) is 4.74 Å². The summed E-state index contributed by atoms with van der Waals surface area (Å²) in [7, 11) is 1.58. The number of rotatable bonds is 6. The van der Waals surface area contributed by atoms with Crippen molar-refractivity contribution in [3.63, 3.8) is 0 Å². The first-order valence-corrected chi connectivity index (χ1v) is 8.21. The van der Waals surface area contributed by atoms with Gasteiger partial charge in [0.15, 0.2) is 0 Å². The van der Waals surface area contributed by atoms with Crippen LogP contribution in [0.4, 0.5) is 11.4 Å². The molecule has 2 aromatic rings. The summed E-state index contributed by atoms with van der Waals surface area (Å²) in [4.78, 5) is 13.5. The highest BCUT2D eigenvalue weighted by Gasteiger charge is 2.15. The van der Waals surface area contributed by atoms with Crippen LogP contribution in [0.1, 0.15) is 6.92 Å². The Morgan fingerprint density at radius 2 is 1.73 bits per heavy atom. The number of anilines is 2. The van der Waals surface area contributed by atoms with Crippen LogP contribution in [-0.2, 0) is 4.79 Å². The number of benzene rings is 2. The Morgan fingerprint density at radius 3 is 2.41 bits per heavy atom. The summed E-state index contributed by atoms with van der Waals surface area (Å²) in [5.41, 5.74) is 1.62. The number of carbonyl (C=O) groups excluding carboxylic acids is 1. The molecule has 0 fully saturated rings. The van der Waals surface area contributed by atoms with Crippen molar-refractivity contribution in [2.24, 2.45) is 0 Å². The number of para-hydroxylation sites is 3. The van der Waals surface area contributed by atoms with Gasteiger partial charge < -0.3 is 15.4 Å². The molecule has 0 aromatic heterocycles. The van der Waals surface area contributed by atoms with E-state index in [0.717, 1.165) is 10.6 Å². The van der Waals surface area contributed by atoms with E-state index in [2.05, 4.69) is 10.6 Å². The molecule has 116 valence electrons. The van der Waals surface area contributed by atoms with E-state index in [0.29, 0.717) is 11.4 Å². The maximum Gasteiger partial charge on any atom is 0.246 e. The summed E-state index contributed by atoms with van der Waals surface area (Å²) in [6.45, 7) is 1.84. The second kappa shape index (κ2) is 7.75. The van der Waals surface area contributed by atoms with Crippen LogP contribution >= 0.6 is 11.8 Å². The molecule has 2 rings (SSSR count). The van der Waals surface area contributed by atoms with Gasteiger partial charge in [-0.1, -0.05) is 24.3 Å². The van der Waals surface area contributed by atoms with Crippen molar-refractivity contribution in [1.82, 2.24) is 0 Å². The van der Waals surface area contributed by atoms with Crippen LogP contribution < -0.4 is 15.4 Å². The van der Waals surface area contributed by atoms with E-state index in [1.165, 1.54) is 0 Å². The van der Waals surface area contributed by atoms with Crippen molar-refractivity contribution < 1.29 is 9.53 Å². The van der Waals surface area contributed by atoms with Gasteiger partial charge in [0.1, 0.15) is 11.8 Å². The highest BCUT2D eigenvalue weighted by atomic mass is 32.2. The zero-order valence-electron chi connectivity index (χ0n) is 12.9. The lowest BCUT2D eigenvalue weighted by atomic mass is 10.2. The third-order valence-electron chi connectivity index (χ3n) is 3.24. The Balaban J connectivity index is 2.06. The molecule has 5 heteroatoms. The molecular formula is C17H20N2O2S. The monoisotopic (exact) mass is 316 g/mol. The average Bonchev–Trinajstić information content (AvgIpc) is 2.55. The molecule has 2 N–H and O–H groups in total. The third kappa shape index (κ3) is 3.95. The van der Waals surface area contributed by atoms with Crippen LogP contribution in [0.3, 0.4) is 0 Å². The van der Waals surface area contributed by atoms with E-state index in [1.807, 2.05) is 61.7 Å². The van der Waals surface area contributed by atoms with Gasteiger partial charge in [0.25, 0.3) is 0 Å². The lowest BCUT2D eigenvalue weighted by molar-refractivity contribution is -0.116. The maximum absolute atomic E-state index is 12.3. The molecule has 4 nitrogen and oxygen atoms in total.